The molecule has 0 bridgehead atoms. The summed E-state index contributed by atoms with van der Waals surface area (Å²) in [5, 5.41) is 17.5. The molecule has 0 aliphatic heterocycles. The maximum atomic E-state index is 11.9. The van der Waals surface area contributed by atoms with Gasteiger partial charge in [-0.05, 0) is 35.7 Å². The molecule has 0 unspecified atom stereocenters. The number of methoxy groups -OCH3 is 1. The van der Waals surface area contributed by atoms with Crippen molar-refractivity contribution in [2.45, 2.75) is 14.7 Å². The fourth-order valence-electron chi connectivity index (χ4n) is 2.93. The predicted octanol–water partition coefficient (Wildman–Crippen LogP) is 2.62. The van der Waals surface area contributed by atoms with Crippen LogP contribution < -0.4 is 10.5 Å². The molecule has 3 aromatic rings. The van der Waals surface area contributed by atoms with Crippen LogP contribution in [0.5, 0.6) is 11.5 Å². The number of benzene rings is 3. The molecule has 0 saturated heterocycles. The van der Waals surface area contributed by atoms with Gasteiger partial charge in [0.05, 0.1) is 12.8 Å². The number of phenols is 1. The van der Waals surface area contributed by atoms with E-state index in [0.29, 0.717) is 12.1 Å². The second kappa shape index (κ2) is 8.46. The van der Waals surface area contributed by atoms with Crippen molar-refractivity contribution in [3.8, 4) is 11.5 Å². The van der Waals surface area contributed by atoms with Crippen LogP contribution in [0.25, 0.3) is 10.8 Å². The second-order valence-electron chi connectivity index (χ2n) is 6.60. The van der Waals surface area contributed by atoms with Gasteiger partial charge in [-0.2, -0.15) is 25.3 Å². The van der Waals surface area contributed by atoms with Crippen molar-refractivity contribution in [1.82, 2.24) is 5.73 Å². The molecule has 0 heterocycles. The first-order valence-electron chi connectivity index (χ1n) is 8.61. The second-order valence-corrected chi connectivity index (χ2v) is 10.8. The third-order valence-corrected chi connectivity index (χ3v) is 7.01. The minimum absolute atomic E-state index is 0.0132. The number of fused-ring (bicyclic) bond motifs is 1. The maximum Gasteiger partial charge on any atom is 0.298 e. The fourth-order valence-corrected chi connectivity index (χ4v) is 4.86. The van der Waals surface area contributed by atoms with E-state index in [1.165, 1.54) is 18.2 Å². The molecule has 0 atom stereocenters. The van der Waals surface area contributed by atoms with Crippen molar-refractivity contribution in [2.75, 3.05) is 7.11 Å². The molecular formula is C17H14N3O11S3. The Balaban J connectivity index is 2.38. The van der Waals surface area contributed by atoms with Crippen LogP contribution in [0, 0.1) is 0 Å². The van der Waals surface area contributed by atoms with Gasteiger partial charge >= 0.3 is 0 Å². The highest BCUT2D eigenvalue weighted by molar-refractivity contribution is 7.86. The lowest BCUT2D eigenvalue weighted by Crippen LogP contribution is -2.05. The van der Waals surface area contributed by atoms with Crippen LogP contribution in [0.15, 0.2) is 61.3 Å². The summed E-state index contributed by atoms with van der Waals surface area (Å²) in [6.45, 7) is 0. The molecule has 17 heteroatoms. The molecule has 34 heavy (non-hydrogen) atoms. The highest BCUT2D eigenvalue weighted by atomic mass is 32.2. The molecule has 0 saturated carbocycles. The van der Waals surface area contributed by atoms with Gasteiger partial charge < -0.3 is 15.6 Å². The van der Waals surface area contributed by atoms with E-state index >= 15 is 0 Å². The number of hydrogen-bond acceptors (Lipinski definition) is 10. The molecule has 3 rings (SSSR count). The lowest BCUT2D eigenvalue weighted by Gasteiger charge is -2.11. The summed E-state index contributed by atoms with van der Waals surface area (Å²) < 4.78 is 104. The van der Waals surface area contributed by atoms with Crippen molar-refractivity contribution < 1.29 is 48.8 Å². The summed E-state index contributed by atoms with van der Waals surface area (Å²) in [5.74, 6) is -1.50. The molecule has 3 aromatic carbocycles. The Morgan fingerprint density at radius 2 is 1.38 bits per heavy atom. The largest absolute Gasteiger partial charge is 0.505 e. The molecule has 0 fully saturated rings. The van der Waals surface area contributed by atoms with Crippen molar-refractivity contribution in [3.63, 3.8) is 0 Å². The van der Waals surface area contributed by atoms with Gasteiger partial charge in [-0.25, -0.2) is 0 Å². The minimum Gasteiger partial charge on any atom is -0.505 e. The van der Waals surface area contributed by atoms with Gasteiger partial charge in [-0.3, -0.25) is 13.7 Å². The van der Waals surface area contributed by atoms with E-state index < -0.39 is 67.9 Å². The van der Waals surface area contributed by atoms with Crippen LogP contribution in [-0.4, -0.2) is 51.1 Å². The predicted molar refractivity (Wildman–Crippen MR) is 115 cm³/mol. The van der Waals surface area contributed by atoms with Crippen molar-refractivity contribution in [1.29, 1.82) is 0 Å². The van der Waals surface area contributed by atoms with Crippen LogP contribution in [0.2, 0.25) is 0 Å². The zero-order valence-corrected chi connectivity index (χ0v) is 19.2. The van der Waals surface area contributed by atoms with Gasteiger partial charge in [0.15, 0.2) is 5.75 Å². The number of phenolic OH excluding ortho intramolecular Hbond substituents is 1. The van der Waals surface area contributed by atoms with Crippen LogP contribution in [-0.2, 0) is 30.4 Å². The summed E-state index contributed by atoms with van der Waals surface area (Å²) in [7, 11) is -14.2. The number of hydrogen-bond donors (Lipinski definition) is 4. The Morgan fingerprint density at radius 1 is 0.794 bits per heavy atom. The van der Waals surface area contributed by atoms with Gasteiger partial charge in [0.2, 0.25) is 0 Å². The molecule has 181 valence electrons. The quantitative estimate of drug-likeness (QED) is 0.265. The lowest BCUT2D eigenvalue weighted by atomic mass is 10.1. The molecule has 0 amide bonds. The van der Waals surface area contributed by atoms with E-state index in [4.69, 9.17) is 10.5 Å². The summed E-state index contributed by atoms with van der Waals surface area (Å²) in [6.07, 6.45) is 0. The average Bonchev–Trinajstić information content (AvgIpc) is 2.70. The third kappa shape index (κ3) is 4.93. The minimum atomic E-state index is -5.08. The highest BCUT2D eigenvalue weighted by Crippen LogP contribution is 2.43. The lowest BCUT2D eigenvalue weighted by molar-refractivity contribution is 0.395. The number of nitrogens with zero attached hydrogens (tertiary/aromatic N) is 2. The van der Waals surface area contributed by atoms with E-state index in [2.05, 4.69) is 10.2 Å². The zero-order valence-electron chi connectivity index (χ0n) is 16.7. The van der Waals surface area contributed by atoms with E-state index in [-0.39, 0.29) is 16.5 Å². The van der Waals surface area contributed by atoms with Gasteiger partial charge in [0.25, 0.3) is 30.4 Å². The molecule has 5 N–H and O–H groups in total. The van der Waals surface area contributed by atoms with Crippen LogP contribution in [0.1, 0.15) is 0 Å². The first-order chi connectivity index (χ1) is 15.5. The topological polar surface area (TPSA) is 241 Å². The van der Waals surface area contributed by atoms with Crippen LogP contribution in [0.3, 0.4) is 0 Å². The Hall–Kier alpha value is -3.35. The van der Waals surface area contributed by atoms with E-state index in [9.17, 15) is 44.0 Å². The van der Waals surface area contributed by atoms with Crippen molar-refractivity contribution in [2.24, 2.45) is 10.2 Å². The van der Waals surface area contributed by atoms with Crippen LogP contribution in [0.4, 0.5) is 17.1 Å². The van der Waals surface area contributed by atoms with E-state index in [1.807, 2.05) is 0 Å². The maximum absolute atomic E-state index is 11.9. The van der Waals surface area contributed by atoms with Crippen molar-refractivity contribution >= 4 is 58.2 Å². The Labute approximate surface area is 192 Å². The Bertz CT molecular complexity index is 1680. The van der Waals surface area contributed by atoms with Crippen molar-refractivity contribution in [3.05, 3.63) is 36.4 Å². The number of azo groups is 1. The monoisotopic (exact) mass is 532 g/mol. The molecule has 0 aliphatic rings. The molecule has 1 radical (unpaired) electrons. The summed E-state index contributed by atoms with van der Waals surface area (Å²) in [5.41, 5.74) is 5.81. The van der Waals surface area contributed by atoms with Gasteiger partial charge in [0, 0.05) is 11.5 Å². The standard InChI is InChI=1S/C17H14N3O11S3/c1-31-12-7-13(32(22,23)24)11(6-14(12)33(25,26)27)19-20-16-15(34(28,29)30)5-8-4-9(18)2-3-10(8)17(16)21/h2-7,18,21H,1H3,(H,22,23,24)(H,25,26,27)(H,28,29,30). The van der Waals surface area contributed by atoms with E-state index in [0.717, 1.165) is 13.2 Å². The molecule has 0 aliphatic carbocycles. The van der Waals surface area contributed by atoms with Crippen LogP contribution >= 0.6 is 0 Å². The molecule has 14 nitrogen and oxygen atoms in total. The first-order valence-corrected chi connectivity index (χ1v) is 12.9. The molecular weight excluding hydrogens is 518 g/mol. The van der Waals surface area contributed by atoms with Gasteiger partial charge in [0.1, 0.15) is 31.8 Å². The normalized spacial score (nSPS) is 12.9. The number of nitrogens with one attached hydrogen (secondary N) is 1. The zero-order chi connectivity index (χ0) is 25.6. The third-order valence-electron chi connectivity index (χ3n) is 4.39. The number of aromatic hydroxyl groups is 1. The number of ether oxygens (including phenoxy) is 1. The summed E-state index contributed by atoms with van der Waals surface area (Å²) in [4.78, 5) is -2.96. The highest BCUT2D eigenvalue weighted by Gasteiger charge is 2.26. The molecule has 0 spiro atoms. The SMILES string of the molecule is COc1cc(S(=O)(=O)O)c(N=Nc2c(S(=O)(=O)O)cc3cc([NH])ccc3c2O)cc1S(=O)(=O)O. The van der Waals surface area contributed by atoms with Gasteiger partial charge in [-0.1, -0.05) is 0 Å². The van der Waals surface area contributed by atoms with Gasteiger partial charge in [-0.15, -0.1) is 10.2 Å². The Morgan fingerprint density at radius 3 is 1.91 bits per heavy atom. The summed E-state index contributed by atoms with van der Waals surface area (Å²) in [6, 6.07) is 5.55. The summed E-state index contributed by atoms with van der Waals surface area (Å²) >= 11 is 0. The average molecular weight is 533 g/mol. The smallest absolute Gasteiger partial charge is 0.298 e. The van der Waals surface area contributed by atoms with E-state index in [1.54, 1.807) is 0 Å². The fraction of sp³-hybridized carbons (Fsp3) is 0.0588. The Kier molecular flexibility index (Phi) is 6.29. The first kappa shape index (κ1) is 25.3. The molecule has 0 aromatic heterocycles. The number of rotatable bonds is 6.